The maximum Gasteiger partial charge on any atom is 0.343 e. The molecule has 0 N–H and O–H groups in total. The second-order valence-electron chi connectivity index (χ2n) is 6.48. The van der Waals surface area contributed by atoms with Gasteiger partial charge in [-0.05, 0) is 66.8 Å². The van der Waals surface area contributed by atoms with Gasteiger partial charge in [0, 0.05) is 5.88 Å². The Kier molecular flexibility index (Phi) is 7.51. The topological polar surface area (TPSA) is 35.5 Å². The molecule has 0 spiro atoms. The van der Waals surface area contributed by atoms with Gasteiger partial charge in [0.15, 0.2) is 0 Å². The lowest BCUT2D eigenvalue weighted by atomic mass is 10.1. The van der Waals surface area contributed by atoms with Crippen molar-refractivity contribution in [3.63, 3.8) is 0 Å². The van der Waals surface area contributed by atoms with Crippen molar-refractivity contribution < 1.29 is 14.3 Å². The predicted molar refractivity (Wildman–Crippen MR) is 112 cm³/mol. The molecule has 0 heterocycles. The van der Waals surface area contributed by atoms with Crippen LogP contribution in [-0.4, -0.2) is 11.8 Å². The molecule has 0 radical (unpaired) electrons. The van der Waals surface area contributed by atoms with Crippen LogP contribution in [-0.2, 0) is 13.0 Å². The number of carbonyl (C=O) groups is 1. The Balaban J connectivity index is 1.48. The highest BCUT2D eigenvalue weighted by atomic mass is 35.5. The van der Waals surface area contributed by atoms with E-state index in [9.17, 15) is 4.79 Å². The summed E-state index contributed by atoms with van der Waals surface area (Å²) in [6.07, 6.45) is 3.21. The minimum Gasteiger partial charge on any atom is -0.489 e. The van der Waals surface area contributed by atoms with Crippen LogP contribution in [0.4, 0.5) is 0 Å². The predicted octanol–water partition coefficient (Wildman–Crippen LogP) is 6.05. The lowest BCUT2D eigenvalue weighted by molar-refractivity contribution is 0.0734. The van der Waals surface area contributed by atoms with Crippen molar-refractivity contribution in [2.75, 3.05) is 5.88 Å². The lowest BCUT2D eigenvalue weighted by Crippen LogP contribution is -2.08. The van der Waals surface area contributed by atoms with Crippen molar-refractivity contribution in [1.82, 2.24) is 0 Å². The molecule has 28 heavy (non-hydrogen) atoms. The minimum atomic E-state index is -0.375. The molecule has 0 amide bonds. The van der Waals surface area contributed by atoms with Gasteiger partial charge in [0.1, 0.15) is 18.1 Å². The molecule has 3 rings (SSSR count). The van der Waals surface area contributed by atoms with Crippen LogP contribution in [0, 0.1) is 0 Å². The zero-order valence-corrected chi connectivity index (χ0v) is 16.4. The zero-order valence-electron chi connectivity index (χ0n) is 15.6. The van der Waals surface area contributed by atoms with Gasteiger partial charge in [0.2, 0.25) is 0 Å². The van der Waals surface area contributed by atoms with Crippen molar-refractivity contribution in [3.05, 3.63) is 95.6 Å². The second-order valence-corrected chi connectivity index (χ2v) is 6.86. The zero-order chi connectivity index (χ0) is 19.6. The molecule has 0 aliphatic carbocycles. The standard InChI is InChI=1S/C24H23ClO3/c25-17-5-4-6-19-9-11-20(12-10-19)18-27-22-13-15-23(16-14-22)28-24(26)21-7-2-1-3-8-21/h1-3,7-16H,4-6,17-18H2. The van der Waals surface area contributed by atoms with Gasteiger partial charge in [0.05, 0.1) is 5.56 Å². The number of alkyl halides is 1. The van der Waals surface area contributed by atoms with Crippen LogP contribution in [0.25, 0.3) is 0 Å². The number of carbonyl (C=O) groups excluding carboxylic acids is 1. The van der Waals surface area contributed by atoms with Gasteiger partial charge in [-0.3, -0.25) is 0 Å². The van der Waals surface area contributed by atoms with Crippen LogP contribution >= 0.6 is 11.6 Å². The molecule has 0 aliphatic rings. The summed E-state index contributed by atoms with van der Waals surface area (Å²) in [6.45, 7) is 0.491. The SMILES string of the molecule is O=C(Oc1ccc(OCc2ccc(CCCCCl)cc2)cc1)c1ccccc1. The molecule has 0 fully saturated rings. The summed E-state index contributed by atoms with van der Waals surface area (Å²) in [6, 6.07) is 24.4. The smallest absolute Gasteiger partial charge is 0.343 e. The molecule has 0 unspecified atom stereocenters. The van der Waals surface area contributed by atoms with Gasteiger partial charge in [-0.1, -0.05) is 42.5 Å². The third-order valence-electron chi connectivity index (χ3n) is 4.32. The minimum absolute atomic E-state index is 0.375. The van der Waals surface area contributed by atoms with E-state index in [1.807, 2.05) is 6.07 Å². The Morgan fingerprint density at radius 1 is 0.750 bits per heavy atom. The van der Waals surface area contributed by atoms with Crippen molar-refractivity contribution in [1.29, 1.82) is 0 Å². The van der Waals surface area contributed by atoms with E-state index in [0.29, 0.717) is 17.9 Å². The van der Waals surface area contributed by atoms with E-state index in [1.165, 1.54) is 5.56 Å². The number of halogens is 1. The van der Waals surface area contributed by atoms with Gasteiger partial charge in [0.25, 0.3) is 0 Å². The fourth-order valence-electron chi connectivity index (χ4n) is 2.74. The van der Waals surface area contributed by atoms with Crippen LogP contribution in [0.2, 0.25) is 0 Å². The van der Waals surface area contributed by atoms with Gasteiger partial charge in [-0.15, -0.1) is 11.6 Å². The number of hydrogen-bond acceptors (Lipinski definition) is 3. The summed E-state index contributed by atoms with van der Waals surface area (Å²) in [4.78, 5) is 12.1. The van der Waals surface area contributed by atoms with E-state index in [4.69, 9.17) is 21.1 Å². The van der Waals surface area contributed by atoms with Gasteiger partial charge >= 0.3 is 5.97 Å². The quantitative estimate of drug-likeness (QED) is 0.192. The van der Waals surface area contributed by atoms with Gasteiger partial charge in [-0.25, -0.2) is 4.79 Å². The third-order valence-corrected chi connectivity index (χ3v) is 4.59. The van der Waals surface area contributed by atoms with E-state index in [-0.39, 0.29) is 5.97 Å². The van der Waals surface area contributed by atoms with Gasteiger partial charge < -0.3 is 9.47 Å². The van der Waals surface area contributed by atoms with Gasteiger partial charge in [-0.2, -0.15) is 0 Å². The van der Waals surface area contributed by atoms with Crippen LogP contribution in [0.3, 0.4) is 0 Å². The molecule has 0 aliphatic heterocycles. The fraction of sp³-hybridized carbons (Fsp3) is 0.208. The highest BCUT2D eigenvalue weighted by Crippen LogP contribution is 2.20. The number of benzene rings is 3. The summed E-state index contributed by atoms with van der Waals surface area (Å²) in [5, 5.41) is 0. The lowest BCUT2D eigenvalue weighted by Gasteiger charge is -2.09. The number of aryl methyl sites for hydroxylation is 1. The Labute approximate surface area is 170 Å². The summed E-state index contributed by atoms with van der Waals surface area (Å²) in [7, 11) is 0. The van der Waals surface area contributed by atoms with Crippen molar-refractivity contribution >= 4 is 17.6 Å². The van der Waals surface area contributed by atoms with Crippen LogP contribution < -0.4 is 9.47 Å². The average Bonchev–Trinajstić information content (AvgIpc) is 2.75. The summed E-state index contributed by atoms with van der Waals surface area (Å²) < 4.78 is 11.2. The maximum absolute atomic E-state index is 12.1. The molecular formula is C24H23ClO3. The first-order valence-electron chi connectivity index (χ1n) is 9.38. The summed E-state index contributed by atoms with van der Waals surface area (Å²) >= 11 is 5.71. The van der Waals surface area contributed by atoms with E-state index in [2.05, 4.69) is 24.3 Å². The van der Waals surface area contributed by atoms with E-state index < -0.39 is 0 Å². The Hall–Kier alpha value is -2.78. The first-order chi connectivity index (χ1) is 13.7. The molecular weight excluding hydrogens is 372 g/mol. The Bertz CT molecular complexity index is 859. The molecule has 3 aromatic rings. The molecule has 4 heteroatoms. The van der Waals surface area contributed by atoms with Crippen LogP contribution in [0.5, 0.6) is 11.5 Å². The second kappa shape index (κ2) is 10.5. The molecule has 0 bridgehead atoms. The molecule has 144 valence electrons. The van der Waals surface area contributed by atoms with Crippen LogP contribution in [0.1, 0.15) is 34.3 Å². The number of unbranched alkanes of at least 4 members (excludes halogenated alkanes) is 1. The van der Waals surface area contributed by atoms with E-state index in [0.717, 1.165) is 36.5 Å². The Morgan fingerprint density at radius 3 is 2.07 bits per heavy atom. The van der Waals surface area contributed by atoms with Crippen molar-refractivity contribution in [2.24, 2.45) is 0 Å². The van der Waals surface area contributed by atoms with Crippen molar-refractivity contribution in [3.8, 4) is 11.5 Å². The monoisotopic (exact) mass is 394 g/mol. The largest absolute Gasteiger partial charge is 0.489 e. The highest BCUT2D eigenvalue weighted by molar-refractivity contribution is 6.17. The third kappa shape index (κ3) is 6.14. The first-order valence-corrected chi connectivity index (χ1v) is 9.92. The maximum atomic E-state index is 12.1. The molecule has 0 saturated heterocycles. The number of esters is 1. The molecule has 3 aromatic carbocycles. The molecule has 0 atom stereocenters. The average molecular weight is 395 g/mol. The number of ether oxygens (including phenoxy) is 2. The molecule has 0 aromatic heterocycles. The molecule has 0 saturated carbocycles. The highest BCUT2D eigenvalue weighted by Gasteiger charge is 2.07. The fourth-order valence-corrected chi connectivity index (χ4v) is 2.93. The van der Waals surface area contributed by atoms with Crippen LogP contribution in [0.15, 0.2) is 78.9 Å². The summed E-state index contributed by atoms with van der Waals surface area (Å²) in [5.74, 6) is 1.56. The van der Waals surface area contributed by atoms with Crippen molar-refractivity contribution in [2.45, 2.75) is 25.9 Å². The number of hydrogen-bond donors (Lipinski definition) is 0. The van der Waals surface area contributed by atoms with E-state index >= 15 is 0 Å². The molecule has 3 nitrogen and oxygen atoms in total. The first kappa shape index (κ1) is 20.0. The summed E-state index contributed by atoms with van der Waals surface area (Å²) in [5.41, 5.74) is 2.95. The van der Waals surface area contributed by atoms with E-state index in [1.54, 1.807) is 48.5 Å². The Morgan fingerprint density at radius 2 is 1.39 bits per heavy atom. The normalized spacial score (nSPS) is 10.5. The number of rotatable bonds is 9.